The molecular weight excluding hydrogens is 188 g/mol. The van der Waals surface area contributed by atoms with Gasteiger partial charge < -0.3 is 9.80 Å². The van der Waals surface area contributed by atoms with Crippen LogP contribution in [0.4, 0.5) is 0 Å². The molecule has 0 N–H and O–H groups in total. The quantitative estimate of drug-likeness (QED) is 0.640. The molecule has 0 atom stereocenters. The molecule has 1 saturated carbocycles. The summed E-state index contributed by atoms with van der Waals surface area (Å²) in [7, 11) is 2.19. The van der Waals surface area contributed by atoms with Gasteiger partial charge in [0.15, 0.2) is 0 Å². The Morgan fingerprint density at radius 1 is 1.20 bits per heavy atom. The summed E-state index contributed by atoms with van der Waals surface area (Å²) in [6.45, 7) is 4.53. The van der Waals surface area contributed by atoms with Gasteiger partial charge in [0.25, 0.3) is 0 Å². The Labute approximate surface area is 91.4 Å². The molecule has 2 heterocycles. The summed E-state index contributed by atoms with van der Waals surface area (Å²) in [6, 6.07) is 0. The van der Waals surface area contributed by atoms with Crippen molar-refractivity contribution in [1.82, 2.24) is 9.80 Å². The van der Waals surface area contributed by atoms with Gasteiger partial charge in [-0.15, -0.1) is 0 Å². The monoisotopic (exact) mass is 208 g/mol. The smallest absolute Gasteiger partial charge is 0.225 e. The minimum absolute atomic E-state index is 0.411. The predicted octanol–water partition coefficient (Wildman–Crippen LogP) is 0.951. The van der Waals surface area contributed by atoms with Gasteiger partial charge in [-0.2, -0.15) is 0 Å². The first-order chi connectivity index (χ1) is 7.19. The van der Waals surface area contributed by atoms with Crippen LogP contribution in [0.15, 0.2) is 0 Å². The summed E-state index contributed by atoms with van der Waals surface area (Å²) < 4.78 is 0. The lowest BCUT2D eigenvalue weighted by atomic mass is 9.72. The van der Waals surface area contributed by atoms with Gasteiger partial charge in [-0.05, 0) is 45.8 Å². The minimum atomic E-state index is 0.411. The molecule has 0 aromatic rings. The predicted molar refractivity (Wildman–Crippen MR) is 58.5 cm³/mol. The standard InChI is InChI=1S/C12H20N2O/c1-13-6-4-12(5-7-13)8-14(9-12)11(15)10-2-3-10/h10H,2-9H2,1H3. The first-order valence-corrected chi connectivity index (χ1v) is 6.16. The van der Waals surface area contributed by atoms with Crippen LogP contribution in [0.1, 0.15) is 25.7 Å². The number of hydrogen-bond donors (Lipinski definition) is 0. The third kappa shape index (κ3) is 1.67. The Morgan fingerprint density at radius 2 is 1.80 bits per heavy atom. The van der Waals surface area contributed by atoms with Crippen molar-refractivity contribution in [3.8, 4) is 0 Å². The van der Waals surface area contributed by atoms with Gasteiger partial charge in [-0.1, -0.05) is 0 Å². The summed E-state index contributed by atoms with van der Waals surface area (Å²) in [5.41, 5.74) is 0.511. The molecule has 1 aliphatic carbocycles. The first-order valence-electron chi connectivity index (χ1n) is 6.16. The zero-order valence-corrected chi connectivity index (χ0v) is 9.54. The van der Waals surface area contributed by atoms with Crippen LogP contribution in [0.25, 0.3) is 0 Å². The number of hydrogen-bond acceptors (Lipinski definition) is 2. The zero-order chi connectivity index (χ0) is 10.5. The van der Waals surface area contributed by atoms with Crippen molar-refractivity contribution in [3.05, 3.63) is 0 Å². The molecule has 1 spiro atoms. The van der Waals surface area contributed by atoms with Crippen LogP contribution in [0.2, 0.25) is 0 Å². The average Bonchev–Trinajstić information content (AvgIpc) is 2.98. The Hall–Kier alpha value is -0.570. The van der Waals surface area contributed by atoms with E-state index in [1.807, 2.05) is 0 Å². The summed E-state index contributed by atoms with van der Waals surface area (Å²) in [6.07, 6.45) is 4.87. The second-order valence-electron chi connectivity index (χ2n) is 5.77. The largest absolute Gasteiger partial charge is 0.341 e. The highest BCUT2D eigenvalue weighted by atomic mass is 16.2. The van der Waals surface area contributed by atoms with Crippen LogP contribution in [-0.2, 0) is 4.79 Å². The Bertz CT molecular complexity index is 269. The normalized spacial score (nSPS) is 30.3. The van der Waals surface area contributed by atoms with Crippen molar-refractivity contribution in [2.24, 2.45) is 11.3 Å². The summed E-state index contributed by atoms with van der Waals surface area (Å²) in [4.78, 5) is 16.3. The number of nitrogens with zero attached hydrogens (tertiary/aromatic N) is 2. The molecule has 84 valence electrons. The van der Waals surface area contributed by atoms with Crippen LogP contribution < -0.4 is 0 Å². The van der Waals surface area contributed by atoms with Crippen molar-refractivity contribution in [1.29, 1.82) is 0 Å². The fraction of sp³-hybridized carbons (Fsp3) is 0.917. The molecule has 2 aliphatic heterocycles. The van der Waals surface area contributed by atoms with Crippen LogP contribution in [0.5, 0.6) is 0 Å². The topological polar surface area (TPSA) is 23.6 Å². The number of carbonyl (C=O) groups is 1. The lowest BCUT2D eigenvalue weighted by molar-refractivity contribution is -0.147. The number of carbonyl (C=O) groups excluding carboxylic acids is 1. The molecule has 2 saturated heterocycles. The van der Waals surface area contributed by atoms with E-state index >= 15 is 0 Å². The van der Waals surface area contributed by atoms with Crippen LogP contribution >= 0.6 is 0 Å². The van der Waals surface area contributed by atoms with Crippen LogP contribution in [0.3, 0.4) is 0 Å². The maximum Gasteiger partial charge on any atom is 0.225 e. The second kappa shape index (κ2) is 3.21. The maximum absolute atomic E-state index is 11.8. The Balaban J connectivity index is 1.53. The van der Waals surface area contributed by atoms with Gasteiger partial charge in [-0.25, -0.2) is 0 Å². The van der Waals surface area contributed by atoms with E-state index in [0.717, 1.165) is 25.9 Å². The molecule has 0 unspecified atom stereocenters. The van der Waals surface area contributed by atoms with E-state index in [0.29, 0.717) is 17.2 Å². The maximum atomic E-state index is 11.8. The third-order valence-corrected chi connectivity index (χ3v) is 4.34. The van der Waals surface area contributed by atoms with Gasteiger partial charge in [-0.3, -0.25) is 4.79 Å². The fourth-order valence-corrected chi connectivity index (χ4v) is 2.92. The van der Waals surface area contributed by atoms with Crippen molar-refractivity contribution in [2.75, 3.05) is 33.2 Å². The lowest BCUT2D eigenvalue weighted by Crippen LogP contribution is -2.61. The molecule has 3 nitrogen and oxygen atoms in total. The molecule has 3 aliphatic rings. The highest BCUT2D eigenvalue weighted by molar-refractivity contribution is 5.81. The van der Waals surface area contributed by atoms with E-state index in [9.17, 15) is 4.79 Å². The molecule has 15 heavy (non-hydrogen) atoms. The molecule has 0 aromatic carbocycles. The van der Waals surface area contributed by atoms with E-state index in [1.165, 1.54) is 25.9 Å². The number of rotatable bonds is 1. The van der Waals surface area contributed by atoms with Crippen LogP contribution in [0, 0.1) is 11.3 Å². The molecule has 3 fully saturated rings. The fourth-order valence-electron chi connectivity index (χ4n) is 2.92. The van der Waals surface area contributed by atoms with Gasteiger partial charge in [0, 0.05) is 24.4 Å². The SMILES string of the molecule is CN1CCC2(CC1)CN(C(=O)C1CC1)C2. The molecule has 0 aromatic heterocycles. The van der Waals surface area contributed by atoms with E-state index < -0.39 is 0 Å². The van der Waals surface area contributed by atoms with E-state index in [1.54, 1.807) is 0 Å². The highest BCUT2D eigenvalue weighted by Gasteiger charge is 2.48. The van der Waals surface area contributed by atoms with E-state index in [2.05, 4.69) is 16.8 Å². The van der Waals surface area contributed by atoms with Gasteiger partial charge in [0.2, 0.25) is 5.91 Å². The Morgan fingerprint density at radius 3 is 2.33 bits per heavy atom. The average molecular weight is 208 g/mol. The summed E-state index contributed by atoms with van der Waals surface area (Å²) in [5.74, 6) is 0.855. The van der Waals surface area contributed by atoms with Crippen molar-refractivity contribution in [2.45, 2.75) is 25.7 Å². The highest BCUT2D eigenvalue weighted by Crippen LogP contribution is 2.43. The molecule has 1 amide bonds. The number of amides is 1. The van der Waals surface area contributed by atoms with Crippen LogP contribution in [-0.4, -0.2) is 48.9 Å². The van der Waals surface area contributed by atoms with Gasteiger partial charge in [0.05, 0.1) is 0 Å². The zero-order valence-electron chi connectivity index (χ0n) is 9.54. The van der Waals surface area contributed by atoms with E-state index in [4.69, 9.17) is 0 Å². The number of likely N-dealkylation sites (tertiary alicyclic amines) is 2. The van der Waals surface area contributed by atoms with Crippen molar-refractivity contribution < 1.29 is 4.79 Å². The van der Waals surface area contributed by atoms with Gasteiger partial charge >= 0.3 is 0 Å². The number of piperidine rings is 1. The van der Waals surface area contributed by atoms with E-state index in [-0.39, 0.29) is 0 Å². The minimum Gasteiger partial charge on any atom is -0.341 e. The third-order valence-electron chi connectivity index (χ3n) is 4.34. The molecule has 0 radical (unpaired) electrons. The molecule has 3 rings (SSSR count). The Kier molecular flexibility index (Phi) is 2.06. The molecule has 3 heteroatoms. The van der Waals surface area contributed by atoms with Crippen molar-refractivity contribution >= 4 is 5.91 Å². The summed E-state index contributed by atoms with van der Waals surface area (Å²) >= 11 is 0. The molecule has 0 bridgehead atoms. The van der Waals surface area contributed by atoms with Gasteiger partial charge in [0.1, 0.15) is 0 Å². The summed E-state index contributed by atoms with van der Waals surface area (Å²) in [5, 5.41) is 0. The second-order valence-corrected chi connectivity index (χ2v) is 5.77. The van der Waals surface area contributed by atoms with Crippen molar-refractivity contribution in [3.63, 3.8) is 0 Å². The lowest BCUT2D eigenvalue weighted by Gasteiger charge is -2.53. The first kappa shape index (κ1) is 9.64. The molecular formula is C12H20N2O.